The number of benzene rings is 2. The molecule has 0 radical (unpaired) electrons. The second-order valence-electron chi connectivity index (χ2n) is 5.58. The molecular formula is C17H17ClN2O3S. The number of sulfonamides is 1. The van der Waals surface area contributed by atoms with Gasteiger partial charge in [0.2, 0.25) is 10.0 Å². The summed E-state index contributed by atoms with van der Waals surface area (Å²) < 4.78 is 30.6. The Labute approximate surface area is 146 Å². The average molecular weight is 365 g/mol. The highest BCUT2D eigenvalue weighted by Gasteiger charge is 2.34. The number of nitrogens with zero attached hydrogens (tertiary/aromatic N) is 2. The predicted molar refractivity (Wildman–Crippen MR) is 95.0 cm³/mol. The molecule has 1 aliphatic heterocycles. The SMILES string of the molecule is COc1ccc(C2=NN(S(C)(=O)=O)[C@@H](c3ccc(Cl)cc3)C2)cc1. The minimum atomic E-state index is -3.48. The first-order valence-corrected chi connectivity index (χ1v) is 9.58. The van der Waals surface area contributed by atoms with Gasteiger partial charge in [-0.3, -0.25) is 0 Å². The normalized spacial score (nSPS) is 17.7. The first-order chi connectivity index (χ1) is 11.4. The van der Waals surface area contributed by atoms with Crippen LogP contribution in [-0.2, 0) is 10.0 Å². The molecule has 3 rings (SSSR count). The third-order valence-electron chi connectivity index (χ3n) is 3.89. The minimum Gasteiger partial charge on any atom is -0.497 e. The van der Waals surface area contributed by atoms with Gasteiger partial charge < -0.3 is 4.74 Å². The van der Waals surface area contributed by atoms with Crippen LogP contribution in [0.4, 0.5) is 0 Å². The molecule has 7 heteroatoms. The van der Waals surface area contributed by atoms with Gasteiger partial charge in [0.05, 0.1) is 25.1 Å². The topological polar surface area (TPSA) is 59.0 Å². The van der Waals surface area contributed by atoms with Crippen molar-refractivity contribution in [3.8, 4) is 5.75 Å². The maximum absolute atomic E-state index is 12.1. The van der Waals surface area contributed by atoms with Gasteiger partial charge in [0.25, 0.3) is 0 Å². The molecule has 0 N–H and O–H groups in total. The molecule has 0 amide bonds. The molecule has 2 aromatic carbocycles. The number of hydrazone groups is 1. The number of hydrogen-bond acceptors (Lipinski definition) is 4. The summed E-state index contributed by atoms with van der Waals surface area (Å²) >= 11 is 5.93. The monoisotopic (exact) mass is 364 g/mol. The summed E-state index contributed by atoms with van der Waals surface area (Å²) in [6.07, 6.45) is 1.66. The molecule has 126 valence electrons. The molecule has 5 nitrogen and oxygen atoms in total. The minimum absolute atomic E-state index is 0.366. The van der Waals surface area contributed by atoms with Gasteiger partial charge in [-0.15, -0.1) is 0 Å². The quantitative estimate of drug-likeness (QED) is 0.834. The van der Waals surface area contributed by atoms with Gasteiger partial charge in [-0.2, -0.15) is 9.52 Å². The van der Waals surface area contributed by atoms with Crippen molar-refractivity contribution in [2.24, 2.45) is 5.10 Å². The maximum atomic E-state index is 12.1. The zero-order valence-electron chi connectivity index (χ0n) is 13.3. The molecule has 1 heterocycles. The van der Waals surface area contributed by atoms with Crippen molar-refractivity contribution in [2.45, 2.75) is 12.5 Å². The molecular weight excluding hydrogens is 348 g/mol. The van der Waals surface area contributed by atoms with Crippen LogP contribution in [0.1, 0.15) is 23.6 Å². The lowest BCUT2D eigenvalue weighted by atomic mass is 9.99. The Morgan fingerprint density at radius 3 is 2.29 bits per heavy atom. The Morgan fingerprint density at radius 2 is 1.75 bits per heavy atom. The zero-order chi connectivity index (χ0) is 17.3. The molecule has 0 bridgehead atoms. The molecule has 2 aromatic rings. The summed E-state index contributed by atoms with van der Waals surface area (Å²) in [5.74, 6) is 0.742. The predicted octanol–water partition coefficient (Wildman–Crippen LogP) is 3.46. The van der Waals surface area contributed by atoms with Crippen LogP contribution in [0.5, 0.6) is 5.75 Å². The van der Waals surface area contributed by atoms with E-state index >= 15 is 0 Å². The van der Waals surface area contributed by atoms with Crippen molar-refractivity contribution in [2.75, 3.05) is 13.4 Å². The maximum Gasteiger partial charge on any atom is 0.247 e. The van der Waals surface area contributed by atoms with Crippen LogP contribution >= 0.6 is 11.6 Å². The summed E-state index contributed by atoms with van der Waals surface area (Å²) in [5.41, 5.74) is 2.46. The molecule has 0 unspecified atom stereocenters. The number of halogens is 1. The van der Waals surface area contributed by atoms with Crippen molar-refractivity contribution in [3.05, 3.63) is 64.7 Å². The van der Waals surface area contributed by atoms with E-state index in [2.05, 4.69) is 5.10 Å². The molecule has 1 atom stereocenters. The van der Waals surface area contributed by atoms with E-state index in [0.717, 1.165) is 28.8 Å². The van der Waals surface area contributed by atoms with Gasteiger partial charge in [0, 0.05) is 11.4 Å². The van der Waals surface area contributed by atoms with Crippen molar-refractivity contribution in [3.63, 3.8) is 0 Å². The summed E-state index contributed by atoms with van der Waals surface area (Å²) in [6.45, 7) is 0. The van der Waals surface area contributed by atoms with Gasteiger partial charge in [-0.25, -0.2) is 8.42 Å². The highest BCUT2D eigenvalue weighted by atomic mass is 35.5. The van der Waals surface area contributed by atoms with E-state index < -0.39 is 10.0 Å². The van der Waals surface area contributed by atoms with Crippen LogP contribution in [0, 0.1) is 0 Å². The average Bonchev–Trinajstić information content (AvgIpc) is 3.01. The molecule has 0 aromatic heterocycles. The Kier molecular flexibility index (Phi) is 4.51. The summed E-state index contributed by atoms with van der Waals surface area (Å²) in [4.78, 5) is 0. The molecule has 0 fully saturated rings. The molecule has 24 heavy (non-hydrogen) atoms. The van der Waals surface area contributed by atoms with E-state index in [0.29, 0.717) is 11.4 Å². The van der Waals surface area contributed by atoms with Crippen molar-refractivity contribution in [1.82, 2.24) is 4.41 Å². The fourth-order valence-electron chi connectivity index (χ4n) is 2.69. The van der Waals surface area contributed by atoms with Crippen molar-refractivity contribution in [1.29, 1.82) is 0 Å². The zero-order valence-corrected chi connectivity index (χ0v) is 14.9. The van der Waals surface area contributed by atoms with Crippen molar-refractivity contribution >= 4 is 27.3 Å². The summed E-state index contributed by atoms with van der Waals surface area (Å²) in [6, 6.07) is 14.2. The Balaban J connectivity index is 1.96. The number of methoxy groups -OCH3 is 1. The molecule has 1 aliphatic rings. The van der Waals surface area contributed by atoms with E-state index in [1.165, 1.54) is 4.41 Å². The molecule has 0 saturated carbocycles. The van der Waals surface area contributed by atoms with E-state index in [-0.39, 0.29) is 6.04 Å². The van der Waals surface area contributed by atoms with Crippen molar-refractivity contribution < 1.29 is 13.2 Å². The Bertz CT molecular complexity index is 862. The first kappa shape index (κ1) is 16.8. The molecule has 0 saturated heterocycles. The van der Waals surface area contributed by atoms with Gasteiger partial charge >= 0.3 is 0 Å². The second-order valence-corrected chi connectivity index (χ2v) is 7.86. The Hall–Kier alpha value is -2.05. The van der Waals surface area contributed by atoms with Crippen LogP contribution in [0.2, 0.25) is 5.02 Å². The lowest BCUT2D eigenvalue weighted by molar-refractivity contribution is 0.375. The van der Waals surface area contributed by atoms with Gasteiger partial charge in [0.15, 0.2) is 0 Å². The van der Waals surface area contributed by atoms with Gasteiger partial charge in [-0.05, 0) is 47.5 Å². The molecule has 0 spiro atoms. The van der Waals surface area contributed by atoms with E-state index in [1.807, 2.05) is 36.4 Å². The molecule has 0 aliphatic carbocycles. The number of rotatable bonds is 4. The van der Waals surface area contributed by atoms with E-state index in [4.69, 9.17) is 16.3 Å². The fourth-order valence-corrected chi connectivity index (χ4v) is 3.72. The lowest BCUT2D eigenvalue weighted by Gasteiger charge is -2.21. The van der Waals surface area contributed by atoms with E-state index in [1.54, 1.807) is 19.2 Å². The first-order valence-electron chi connectivity index (χ1n) is 7.35. The van der Waals surface area contributed by atoms with Crippen LogP contribution in [-0.4, -0.2) is 31.9 Å². The smallest absolute Gasteiger partial charge is 0.247 e. The Morgan fingerprint density at radius 1 is 1.12 bits per heavy atom. The largest absolute Gasteiger partial charge is 0.497 e. The van der Waals surface area contributed by atoms with Crippen LogP contribution in [0.3, 0.4) is 0 Å². The van der Waals surface area contributed by atoms with Crippen LogP contribution in [0.15, 0.2) is 53.6 Å². The fraction of sp³-hybridized carbons (Fsp3) is 0.235. The van der Waals surface area contributed by atoms with Gasteiger partial charge in [-0.1, -0.05) is 23.7 Å². The van der Waals surface area contributed by atoms with Crippen LogP contribution < -0.4 is 4.74 Å². The van der Waals surface area contributed by atoms with E-state index in [9.17, 15) is 8.42 Å². The van der Waals surface area contributed by atoms with Crippen LogP contribution in [0.25, 0.3) is 0 Å². The van der Waals surface area contributed by atoms with Gasteiger partial charge in [0.1, 0.15) is 5.75 Å². The summed E-state index contributed by atoms with van der Waals surface area (Å²) in [5, 5.41) is 4.96. The second kappa shape index (κ2) is 6.45. The lowest BCUT2D eigenvalue weighted by Crippen LogP contribution is -2.25. The standard InChI is InChI=1S/C17H17ClN2O3S/c1-23-15-9-5-12(6-10-15)16-11-17(20(19-16)24(2,21)22)13-3-7-14(18)8-4-13/h3-10,17H,11H2,1-2H3/t17-/m1/s1. The highest BCUT2D eigenvalue weighted by Crippen LogP contribution is 2.35. The number of ether oxygens (including phenoxy) is 1. The summed E-state index contributed by atoms with van der Waals surface area (Å²) in [7, 11) is -1.87. The number of hydrogen-bond donors (Lipinski definition) is 0. The highest BCUT2D eigenvalue weighted by molar-refractivity contribution is 7.88. The third-order valence-corrected chi connectivity index (χ3v) is 5.16. The third kappa shape index (κ3) is 3.39.